The van der Waals surface area contributed by atoms with Gasteiger partial charge in [-0.15, -0.1) is 0 Å². The van der Waals surface area contributed by atoms with Gasteiger partial charge in [-0.3, -0.25) is 4.79 Å². The predicted molar refractivity (Wildman–Crippen MR) is 106 cm³/mol. The molecule has 1 aromatic carbocycles. The zero-order valence-corrected chi connectivity index (χ0v) is 16.8. The minimum Gasteiger partial charge on any atom is -0.497 e. The van der Waals surface area contributed by atoms with Crippen LogP contribution >= 0.6 is 0 Å². The smallest absolute Gasteiger partial charge is 0.346 e. The third kappa shape index (κ3) is 5.07. The number of ether oxygens (including phenoxy) is 1. The highest BCUT2D eigenvalue weighted by atomic mass is 16.5. The van der Waals surface area contributed by atoms with Crippen molar-refractivity contribution in [2.75, 3.05) is 13.7 Å². The van der Waals surface area contributed by atoms with Crippen molar-refractivity contribution in [1.82, 2.24) is 25.4 Å². The van der Waals surface area contributed by atoms with Gasteiger partial charge in [0.2, 0.25) is 5.89 Å². The highest BCUT2D eigenvalue weighted by Crippen LogP contribution is 2.20. The Balaban J connectivity index is 1.67. The van der Waals surface area contributed by atoms with E-state index >= 15 is 0 Å². The van der Waals surface area contributed by atoms with Gasteiger partial charge in [-0.2, -0.15) is 9.97 Å². The quantitative estimate of drug-likeness (QED) is 0.653. The van der Waals surface area contributed by atoms with E-state index in [2.05, 4.69) is 25.4 Å². The first kappa shape index (κ1) is 20.2. The minimum absolute atomic E-state index is 0.124. The SMILES string of the molecule is COc1ccc(-c2cc(C(=O)NCCc3noc(C(C)(C)C)n3)[nH]c(=O)n2)cc1. The largest absolute Gasteiger partial charge is 0.497 e. The lowest BCUT2D eigenvalue weighted by atomic mass is 9.97. The molecule has 2 heterocycles. The average molecular weight is 397 g/mol. The zero-order chi connectivity index (χ0) is 21.0. The van der Waals surface area contributed by atoms with E-state index in [0.29, 0.717) is 41.7 Å². The van der Waals surface area contributed by atoms with Crippen LogP contribution in [0.1, 0.15) is 43.0 Å². The monoisotopic (exact) mass is 397 g/mol. The van der Waals surface area contributed by atoms with Crippen molar-refractivity contribution in [1.29, 1.82) is 0 Å². The Kier molecular flexibility index (Phi) is 5.76. The zero-order valence-electron chi connectivity index (χ0n) is 16.8. The van der Waals surface area contributed by atoms with Crippen LogP contribution < -0.4 is 15.7 Å². The van der Waals surface area contributed by atoms with Crippen LogP contribution in [-0.2, 0) is 11.8 Å². The molecule has 1 amide bonds. The molecule has 0 aliphatic heterocycles. The van der Waals surface area contributed by atoms with Crippen LogP contribution in [0.4, 0.5) is 0 Å². The first-order chi connectivity index (χ1) is 13.8. The summed E-state index contributed by atoms with van der Waals surface area (Å²) in [5.74, 6) is 1.32. The molecule has 0 unspecified atom stereocenters. The van der Waals surface area contributed by atoms with E-state index in [4.69, 9.17) is 9.26 Å². The predicted octanol–water partition coefficient (Wildman–Crippen LogP) is 2.10. The fourth-order valence-corrected chi connectivity index (χ4v) is 2.53. The number of carbonyl (C=O) groups is 1. The molecule has 3 rings (SSSR count). The van der Waals surface area contributed by atoms with Crippen LogP contribution in [0, 0.1) is 0 Å². The molecule has 0 fully saturated rings. The molecule has 0 spiro atoms. The summed E-state index contributed by atoms with van der Waals surface area (Å²) >= 11 is 0. The van der Waals surface area contributed by atoms with E-state index in [1.165, 1.54) is 6.07 Å². The molecule has 2 aromatic heterocycles. The fraction of sp³-hybridized carbons (Fsp3) is 0.350. The van der Waals surface area contributed by atoms with Gasteiger partial charge in [0.1, 0.15) is 11.4 Å². The summed E-state index contributed by atoms with van der Waals surface area (Å²) in [5.41, 5.74) is 0.390. The number of amides is 1. The minimum atomic E-state index is -0.601. The van der Waals surface area contributed by atoms with Crippen LogP contribution in [0.3, 0.4) is 0 Å². The molecule has 0 aliphatic rings. The molecule has 0 atom stereocenters. The van der Waals surface area contributed by atoms with Gasteiger partial charge in [-0.05, 0) is 30.3 Å². The number of carbonyl (C=O) groups excluding carboxylic acids is 1. The van der Waals surface area contributed by atoms with Crippen LogP contribution in [0.2, 0.25) is 0 Å². The summed E-state index contributed by atoms with van der Waals surface area (Å²) in [7, 11) is 1.57. The Hall–Kier alpha value is -3.49. The normalized spacial score (nSPS) is 11.3. The Morgan fingerprint density at radius 3 is 2.55 bits per heavy atom. The number of hydrogen-bond acceptors (Lipinski definition) is 7. The maximum absolute atomic E-state index is 12.4. The lowest BCUT2D eigenvalue weighted by Gasteiger charge is -2.10. The number of H-pyrrole nitrogens is 1. The molecular weight excluding hydrogens is 374 g/mol. The number of benzene rings is 1. The van der Waals surface area contributed by atoms with Gasteiger partial charge in [0, 0.05) is 23.9 Å². The van der Waals surface area contributed by atoms with Gasteiger partial charge in [0.25, 0.3) is 5.91 Å². The van der Waals surface area contributed by atoms with Crippen LogP contribution in [-0.4, -0.2) is 39.7 Å². The van der Waals surface area contributed by atoms with Crippen molar-refractivity contribution < 1.29 is 14.1 Å². The van der Waals surface area contributed by atoms with Crippen molar-refractivity contribution in [3.05, 3.63) is 58.2 Å². The Morgan fingerprint density at radius 2 is 1.93 bits per heavy atom. The van der Waals surface area contributed by atoms with Gasteiger partial charge in [-0.25, -0.2) is 4.79 Å². The number of aromatic amines is 1. The van der Waals surface area contributed by atoms with E-state index < -0.39 is 11.6 Å². The molecule has 152 valence electrons. The lowest BCUT2D eigenvalue weighted by Crippen LogP contribution is -2.29. The van der Waals surface area contributed by atoms with Crippen molar-refractivity contribution in [3.8, 4) is 17.0 Å². The number of nitrogens with one attached hydrogen (secondary N) is 2. The second-order valence-corrected chi connectivity index (χ2v) is 7.49. The third-order valence-corrected chi connectivity index (χ3v) is 4.12. The molecule has 3 aromatic rings. The van der Waals surface area contributed by atoms with E-state index in [9.17, 15) is 9.59 Å². The van der Waals surface area contributed by atoms with Crippen LogP contribution in [0.15, 0.2) is 39.6 Å². The topological polar surface area (TPSA) is 123 Å². The van der Waals surface area contributed by atoms with Gasteiger partial charge >= 0.3 is 5.69 Å². The number of rotatable bonds is 6. The van der Waals surface area contributed by atoms with Crippen molar-refractivity contribution >= 4 is 5.91 Å². The maximum Gasteiger partial charge on any atom is 0.346 e. The van der Waals surface area contributed by atoms with Gasteiger partial charge in [0.15, 0.2) is 5.82 Å². The molecule has 0 aliphatic carbocycles. The number of aromatic nitrogens is 4. The van der Waals surface area contributed by atoms with Gasteiger partial charge < -0.3 is 19.6 Å². The number of nitrogens with zero attached hydrogens (tertiary/aromatic N) is 3. The second-order valence-electron chi connectivity index (χ2n) is 7.49. The highest BCUT2D eigenvalue weighted by molar-refractivity contribution is 5.93. The molecule has 0 saturated heterocycles. The highest BCUT2D eigenvalue weighted by Gasteiger charge is 2.21. The molecule has 9 heteroatoms. The Labute approximate surface area is 167 Å². The molecule has 0 radical (unpaired) electrons. The molecule has 9 nitrogen and oxygen atoms in total. The lowest BCUT2D eigenvalue weighted by molar-refractivity contribution is 0.0948. The van der Waals surface area contributed by atoms with E-state index in [0.717, 1.165) is 0 Å². The number of methoxy groups -OCH3 is 1. The van der Waals surface area contributed by atoms with Crippen molar-refractivity contribution in [2.24, 2.45) is 0 Å². The maximum atomic E-state index is 12.4. The summed E-state index contributed by atoms with van der Waals surface area (Å²) in [5, 5.41) is 6.66. The Bertz CT molecular complexity index is 1050. The first-order valence-corrected chi connectivity index (χ1v) is 9.13. The molecule has 2 N–H and O–H groups in total. The van der Waals surface area contributed by atoms with Gasteiger partial charge in [-0.1, -0.05) is 25.9 Å². The van der Waals surface area contributed by atoms with E-state index in [1.54, 1.807) is 31.4 Å². The standard InChI is InChI=1S/C20H23N5O4/c1-20(2,3)18-24-16(25-29-18)9-10-21-17(26)15-11-14(22-19(27)23-15)12-5-7-13(28-4)8-6-12/h5-8,11H,9-10H2,1-4H3,(H,21,26)(H,22,23,27). The van der Waals surface area contributed by atoms with Crippen LogP contribution in [0.25, 0.3) is 11.3 Å². The second kappa shape index (κ2) is 8.26. The van der Waals surface area contributed by atoms with Crippen molar-refractivity contribution in [3.63, 3.8) is 0 Å². The summed E-state index contributed by atoms with van der Waals surface area (Å²) in [6.07, 6.45) is 0.409. The fourth-order valence-electron chi connectivity index (χ4n) is 2.53. The van der Waals surface area contributed by atoms with Gasteiger partial charge in [0.05, 0.1) is 12.8 Å². The molecule has 29 heavy (non-hydrogen) atoms. The third-order valence-electron chi connectivity index (χ3n) is 4.12. The summed E-state index contributed by atoms with van der Waals surface area (Å²) in [6.45, 7) is 6.23. The van der Waals surface area contributed by atoms with Crippen LogP contribution in [0.5, 0.6) is 5.75 Å². The van der Waals surface area contributed by atoms with Crippen molar-refractivity contribution in [2.45, 2.75) is 32.6 Å². The number of hydrogen-bond donors (Lipinski definition) is 2. The molecule has 0 saturated carbocycles. The van der Waals surface area contributed by atoms with E-state index in [-0.39, 0.29) is 11.1 Å². The van der Waals surface area contributed by atoms with E-state index in [1.807, 2.05) is 20.8 Å². The average Bonchev–Trinajstić information content (AvgIpc) is 3.17. The summed E-state index contributed by atoms with van der Waals surface area (Å²) < 4.78 is 10.4. The molecular formula is C20H23N5O4. The summed E-state index contributed by atoms with van der Waals surface area (Å²) in [6, 6.07) is 8.59. The molecule has 0 bridgehead atoms. The summed E-state index contributed by atoms with van der Waals surface area (Å²) in [4.78, 5) is 35.1. The Morgan fingerprint density at radius 1 is 1.21 bits per heavy atom. The first-order valence-electron chi connectivity index (χ1n) is 9.13.